The van der Waals surface area contributed by atoms with Gasteiger partial charge in [-0.25, -0.2) is 18.0 Å². The Bertz CT molecular complexity index is 1400. The van der Waals surface area contributed by atoms with Crippen LogP contribution in [0, 0.1) is 17.5 Å². The summed E-state index contributed by atoms with van der Waals surface area (Å²) in [6, 6.07) is 16.6. The molecule has 3 aromatic carbocycles. The van der Waals surface area contributed by atoms with Gasteiger partial charge in [-0.1, -0.05) is 47.6 Å². The average Bonchev–Trinajstić information content (AvgIpc) is 3.32. The Labute approximate surface area is 192 Å². The first kappa shape index (κ1) is 21.4. The van der Waals surface area contributed by atoms with Crippen LogP contribution in [0.15, 0.2) is 83.0 Å². The Morgan fingerprint density at radius 2 is 1.68 bits per heavy atom. The summed E-state index contributed by atoms with van der Waals surface area (Å²) in [6.07, 6.45) is 0. The normalized spacial score (nSPS) is 16.1. The van der Waals surface area contributed by atoms with Crippen molar-refractivity contribution < 1.29 is 22.5 Å². The largest absolute Gasteiger partial charge is 0.334 e. The number of aromatic nitrogens is 2. The molecule has 6 nitrogen and oxygen atoms in total. The van der Waals surface area contributed by atoms with Crippen molar-refractivity contribution in [3.8, 4) is 11.4 Å². The van der Waals surface area contributed by atoms with Gasteiger partial charge in [0.2, 0.25) is 5.82 Å². The molecule has 1 aliphatic heterocycles. The van der Waals surface area contributed by atoms with Crippen LogP contribution in [0.25, 0.3) is 17.0 Å². The quantitative estimate of drug-likeness (QED) is 0.413. The van der Waals surface area contributed by atoms with E-state index in [2.05, 4.69) is 15.5 Å². The van der Waals surface area contributed by atoms with Gasteiger partial charge < -0.3 is 9.84 Å². The lowest BCUT2D eigenvalue weighted by atomic mass is 9.94. The molecule has 0 saturated heterocycles. The number of carbonyl (C=O) groups excluding carboxylic acids is 1. The molecule has 0 saturated carbocycles. The predicted octanol–water partition coefficient (Wildman–Crippen LogP) is 5.86. The molecule has 0 fully saturated rings. The van der Waals surface area contributed by atoms with Crippen molar-refractivity contribution in [2.24, 2.45) is 0 Å². The number of nitrogens with one attached hydrogen (secondary N) is 1. The third-order valence-corrected chi connectivity index (χ3v) is 5.54. The topological polar surface area (TPSA) is 71.3 Å². The first-order valence-corrected chi connectivity index (χ1v) is 10.3. The summed E-state index contributed by atoms with van der Waals surface area (Å²) in [5.74, 6) is -2.09. The van der Waals surface area contributed by atoms with E-state index in [1.165, 1.54) is 35.2 Å². The van der Waals surface area contributed by atoms with Crippen LogP contribution in [0.3, 0.4) is 0 Å². The van der Waals surface area contributed by atoms with E-state index in [0.717, 1.165) is 17.7 Å². The Morgan fingerprint density at radius 3 is 2.38 bits per heavy atom. The fourth-order valence-electron chi connectivity index (χ4n) is 3.90. The molecule has 5 rings (SSSR count). The molecule has 0 bridgehead atoms. The lowest BCUT2D eigenvalue weighted by Gasteiger charge is -2.35. The molecule has 0 radical (unpaired) electrons. The van der Waals surface area contributed by atoms with Gasteiger partial charge in [-0.15, -0.1) is 0 Å². The smallest absolute Gasteiger partial charge is 0.327 e. The van der Waals surface area contributed by atoms with Crippen LogP contribution in [0.5, 0.6) is 0 Å². The highest BCUT2D eigenvalue weighted by molar-refractivity contribution is 6.01. The van der Waals surface area contributed by atoms with Crippen LogP contribution in [0.2, 0.25) is 0 Å². The lowest BCUT2D eigenvalue weighted by Crippen LogP contribution is -2.46. The van der Waals surface area contributed by atoms with E-state index in [4.69, 9.17) is 4.52 Å². The van der Waals surface area contributed by atoms with Gasteiger partial charge in [-0.05, 0) is 36.8 Å². The molecule has 1 unspecified atom stereocenters. The van der Waals surface area contributed by atoms with E-state index in [1.54, 1.807) is 6.92 Å². The van der Waals surface area contributed by atoms with Gasteiger partial charge in [-0.2, -0.15) is 4.98 Å². The molecule has 34 heavy (non-hydrogen) atoms. The highest BCUT2D eigenvalue weighted by atomic mass is 19.2. The molecule has 1 atom stereocenters. The van der Waals surface area contributed by atoms with E-state index in [1.807, 2.05) is 30.3 Å². The summed E-state index contributed by atoms with van der Waals surface area (Å²) in [7, 11) is 0. The van der Waals surface area contributed by atoms with Gasteiger partial charge in [0.25, 0.3) is 5.89 Å². The number of urea groups is 1. The number of nitrogens with zero attached hydrogens (tertiary/aromatic N) is 3. The molecule has 2 heterocycles. The van der Waals surface area contributed by atoms with Crippen LogP contribution in [-0.2, 0) is 0 Å². The third kappa shape index (κ3) is 3.81. The van der Waals surface area contributed by atoms with Crippen molar-refractivity contribution in [3.05, 3.63) is 107 Å². The van der Waals surface area contributed by atoms with E-state index < -0.39 is 29.5 Å². The zero-order valence-corrected chi connectivity index (χ0v) is 17.8. The van der Waals surface area contributed by atoms with Crippen LogP contribution < -0.4 is 10.2 Å². The minimum absolute atomic E-state index is 0.117. The van der Waals surface area contributed by atoms with Crippen LogP contribution in [-0.4, -0.2) is 16.2 Å². The molecular weight excluding hydrogens is 445 g/mol. The van der Waals surface area contributed by atoms with Gasteiger partial charge in [0, 0.05) is 17.3 Å². The Morgan fingerprint density at radius 1 is 0.941 bits per heavy atom. The number of hydrogen-bond donors (Lipinski definition) is 1. The molecule has 4 aromatic rings. The molecule has 0 spiro atoms. The summed E-state index contributed by atoms with van der Waals surface area (Å²) in [6.45, 7) is 1.64. The summed E-state index contributed by atoms with van der Waals surface area (Å²) in [4.78, 5) is 18.8. The fraction of sp³-hybridized carbons (Fsp3) is 0.0800. The number of halogens is 3. The van der Waals surface area contributed by atoms with Crippen molar-refractivity contribution in [1.82, 2.24) is 15.5 Å². The lowest BCUT2D eigenvalue weighted by molar-refractivity contribution is 0.244. The predicted molar refractivity (Wildman–Crippen MR) is 119 cm³/mol. The monoisotopic (exact) mass is 462 g/mol. The summed E-state index contributed by atoms with van der Waals surface area (Å²) < 4.78 is 46.6. The Hall–Kier alpha value is -4.40. The maximum Gasteiger partial charge on any atom is 0.327 e. The highest BCUT2D eigenvalue weighted by Gasteiger charge is 2.36. The first-order chi connectivity index (χ1) is 16.4. The van der Waals surface area contributed by atoms with E-state index in [9.17, 15) is 18.0 Å². The number of rotatable bonds is 4. The molecule has 1 N–H and O–H groups in total. The van der Waals surface area contributed by atoms with E-state index >= 15 is 0 Å². The second-order valence-electron chi connectivity index (χ2n) is 7.66. The molecule has 1 aliphatic rings. The van der Waals surface area contributed by atoms with E-state index in [-0.39, 0.29) is 11.6 Å². The number of carbonyl (C=O) groups is 1. The summed E-state index contributed by atoms with van der Waals surface area (Å²) >= 11 is 0. The van der Waals surface area contributed by atoms with Crippen LogP contribution in [0.1, 0.15) is 24.4 Å². The summed E-state index contributed by atoms with van der Waals surface area (Å²) in [5.41, 5.74) is 2.23. The van der Waals surface area contributed by atoms with Gasteiger partial charge >= 0.3 is 6.03 Å². The number of anilines is 1. The van der Waals surface area contributed by atoms with Crippen LogP contribution >= 0.6 is 0 Å². The maximum absolute atomic E-state index is 14.0. The molecule has 170 valence electrons. The van der Waals surface area contributed by atoms with Gasteiger partial charge in [0.1, 0.15) is 5.82 Å². The second-order valence-corrected chi connectivity index (χ2v) is 7.66. The van der Waals surface area contributed by atoms with Gasteiger partial charge in [0.05, 0.1) is 17.3 Å². The number of benzene rings is 3. The average molecular weight is 462 g/mol. The molecule has 2 amide bonds. The zero-order chi connectivity index (χ0) is 23.8. The fourth-order valence-corrected chi connectivity index (χ4v) is 3.90. The minimum Gasteiger partial charge on any atom is -0.334 e. The maximum atomic E-state index is 14.0. The van der Waals surface area contributed by atoms with Gasteiger partial charge in [0.15, 0.2) is 11.6 Å². The molecular formula is C25H17F3N4O2. The first-order valence-electron chi connectivity index (χ1n) is 10.3. The van der Waals surface area contributed by atoms with Crippen molar-refractivity contribution in [1.29, 1.82) is 0 Å². The van der Waals surface area contributed by atoms with Crippen molar-refractivity contribution >= 4 is 17.3 Å². The SMILES string of the molecule is CC1=C(c2nc(-c3ccccc3)no2)C(c2ccc(F)cc2)NC(=O)N1c1ccc(F)c(F)c1. The Kier molecular flexibility index (Phi) is 5.37. The van der Waals surface area contributed by atoms with Crippen molar-refractivity contribution in [2.45, 2.75) is 13.0 Å². The van der Waals surface area contributed by atoms with Crippen molar-refractivity contribution in [2.75, 3.05) is 4.90 Å². The third-order valence-electron chi connectivity index (χ3n) is 5.54. The zero-order valence-electron chi connectivity index (χ0n) is 17.8. The highest BCUT2D eigenvalue weighted by Crippen LogP contribution is 2.39. The number of amides is 2. The molecule has 9 heteroatoms. The van der Waals surface area contributed by atoms with E-state index in [0.29, 0.717) is 22.7 Å². The number of hydrogen-bond acceptors (Lipinski definition) is 4. The standard InChI is InChI=1S/C25H17F3N4O2/c1-14-21(24-30-23(31-34-24)16-5-3-2-4-6-16)22(15-7-9-17(26)10-8-15)29-25(33)32(14)18-11-12-19(27)20(28)13-18/h2-13,22H,1H3,(H,29,33). The minimum atomic E-state index is -1.09. The number of allylic oxidation sites excluding steroid dienone is 1. The Balaban J connectivity index is 1.66. The molecule has 0 aliphatic carbocycles. The summed E-state index contributed by atoms with van der Waals surface area (Å²) in [5, 5.41) is 6.89. The molecule has 1 aromatic heterocycles. The second kappa shape index (κ2) is 8.51. The van der Waals surface area contributed by atoms with Crippen LogP contribution in [0.4, 0.5) is 23.7 Å². The van der Waals surface area contributed by atoms with Crippen molar-refractivity contribution in [3.63, 3.8) is 0 Å². The van der Waals surface area contributed by atoms with Gasteiger partial charge in [-0.3, -0.25) is 4.90 Å².